The Morgan fingerprint density at radius 3 is 2.90 bits per heavy atom. The molecule has 21 heavy (non-hydrogen) atoms. The Balaban J connectivity index is 1.54. The van der Waals surface area contributed by atoms with E-state index in [1.165, 1.54) is 36.6 Å². The maximum Gasteiger partial charge on any atom is 0.123 e. The molecule has 112 valence electrons. The van der Waals surface area contributed by atoms with Crippen molar-refractivity contribution in [2.45, 2.75) is 45.1 Å². The van der Waals surface area contributed by atoms with Crippen LogP contribution in [0.1, 0.15) is 46.7 Å². The predicted molar refractivity (Wildman–Crippen MR) is 87.5 cm³/mol. The van der Waals surface area contributed by atoms with Crippen LogP contribution in [0, 0.1) is 5.82 Å². The molecule has 3 heteroatoms. The molecule has 3 rings (SSSR count). The molecule has 1 aliphatic rings. The summed E-state index contributed by atoms with van der Waals surface area (Å²) in [6, 6.07) is 9.65. The first-order valence-electron chi connectivity index (χ1n) is 7.81. The van der Waals surface area contributed by atoms with Crippen LogP contribution in [0.3, 0.4) is 0 Å². The van der Waals surface area contributed by atoms with Crippen molar-refractivity contribution in [3.05, 3.63) is 57.0 Å². The first-order valence-corrected chi connectivity index (χ1v) is 8.63. The molecule has 1 N–H and O–H groups in total. The van der Waals surface area contributed by atoms with Gasteiger partial charge >= 0.3 is 0 Å². The summed E-state index contributed by atoms with van der Waals surface area (Å²) >= 11 is 1.97. The van der Waals surface area contributed by atoms with Crippen LogP contribution in [0.2, 0.25) is 0 Å². The molecule has 0 radical (unpaired) electrons. The Kier molecular flexibility index (Phi) is 4.71. The maximum absolute atomic E-state index is 13.1. The highest BCUT2D eigenvalue weighted by Gasteiger charge is 2.16. The monoisotopic (exact) mass is 303 g/mol. The number of hydrogen-bond donors (Lipinski definition) is 1. The van der Waals surface area contributed by atoms with E-state index in [0.29, 0.717) is 6.04 Å². The average molecular weight is 303 g/mol. The standard InChI is InChI=1S/C18H22FNS/c1-13(18-12-15-6-2-3-8-17(15)21-18)20-10-9-14-5-4-7-16(19)11-14/h4-5,7,11-13,20H,2-3,6,8-10H2,1H3. The van der Waals surface area contributed by atoms with Gasteiger partial charge in [-0.3, -0.25) is 0 Å². The maximum atomic E-state index is 13.1. The van der Waals surface area contributed by atoms with Crippen molar-refractivity contribution in [3.63, 3.8) is 0 Å². The quantitative estimate of drug-likeness (QED) is 0.847. The van der Waals surface area contributed by atoms with Gasteiger partial charge in [-0.25, -0.2) is 4.39 Å². The highest BCUT2D eigenvalue weighted by Crippen LogP contribution is 2.32. The van der Waals surface area contributed by atoms with Crippen molar-refractivity contribution in [2.75, 3.05) is 6.54 Å². The molecule has 0 saturated carbocycles. The fourth-order valence-corrected chi connectivity index (χ4v) is 4.24. The van der Waals surface area contributed by atoms with Crippen LogP contribution in [0.25, 0.3) is 0 Å². The van der Waals surface area contributed by atoms with Gasteiger partial charge in [0.1, 0.15) is 5.82 Å². The van der Waals surface area contributed by atoms with Crippen molar-refractivity contribution in [2.24, 2.45) is 0 Å². The molecule has 1 atom stereocenters. The fraction of sp³-hybridized carbons (Fsp3) is 0.444. The summed E-state index contributed by atoms with van der Waals surface area (Å²) in [6.45, 7) is 3.11. The van der Waals surface area contributed by atoms with E-state index in [4.69, 9.17) is 0 Å². The molecule has 0 fully saturated rings. The van der Waals surface area contributed by atoms with Crippen LogP contribution >= 0.6 is 11.3 Å². The van der Waals surface area contributed by atoms with Crippen molar-refractivity contribution in [1.29, 1.82) is 0 Å². The van der Waals surface area contributed by atoms with Crippen molar-refractivity contribution >= 4 is 11.3 Å². The summed E-state index contributed by atoms with van der Waals surface area (Å²) in [5, 5.41) is 3.56. The highest BCUT2D eigenvalue weighted by molar-refractivity contribution is 7.12. The number of thiophene rings is 1. The summed E-state index contributed by atoms with van der Waals surface area (Å²) in [4.78, 5) is 3.04. The zero-order chi connectivity index (χ0) is 14.7. The molecular weight excluding hydrogens is 281 g/mol. The second-order valence-corrected chi connectivity index (χ2v) is 7.03. The lowest BCUT2D eigenvalue weighted by Crippen LogP contribution is -2.20. The number of rotatable bonds is 5. The van der Waals surface area contributed by atoms with Crippen LogP contribution in [-0.2, 0) is 19.3 Å². The molecule has 1 aliphatic carbocycles. The molecule has 0 amide bonds. The first kappa shape index (κ1) is 14.7. The van der Waals surface area contributed by atoms with Gasteiger partial charge < -0.3 is 5.32 Å². The minimum Gasteiger partial charge on any atom is -0.309 e. The van der Waals surface area contributed by atoms with Gasteiger partial charge in [0, 0.05) is 15.8 Å². The zero-order valence-corrected chi connectivity index (χ0v) is 13.3. The fourth-order valence-electron chi connectivity index (χ4n) is 2.95. The van der Waals surface area contributed by atoms with E-state index in [0.717, 1.165) is 18.5 Å². The van der Waals surface area contributed by atoms with Crippen LogP contribution in [-0.4, -0.2) is 6.54 Å². The Morgan fingerprint density at radius 2 is 2.10 bits per heavy atom. The van der Waals surface area contributed by atoms with Gasteiger partial charge in [0.25, 0.3) is 0 Å². The topological polar surface area (TPSA) is 12.0 Å². The van der Waals surface area contributed by atoms with E-state index in [1.54, 1.807) is 22.6 Å². The Labute approximate surface area is 130 Å². The normalized spacial score (nSPS) is 15.7. The first-order chi connectivity index (χ1) is 10.2. The van der Waals surface area contributed by atoms with Gasteiger partial charge in [0.05, 0.1) is 0 Å². The summed E-state index contributed by atoms with van der Waals surface area (Å²) in [5.41, 5.74) is 2.63. The zero-order valence-electron chi connectivity index (χ0n) is 12.5. The number of halogens is 1. The van der Waals surface area contributed by atoms with Gasteiger partial charge in [0.15, 0.2) is 0 Å². The van der Waals surface area contributed by atoms with E-state index in [9.17, 15) is 4.39 Å². The predicted octanol–water partition coefficient (Wildman–Crippen LogP) is 4.66. The second-order valence-electron chi connectivity index (χ2n) is 5.86. The van der Waals surface area contributed by atoms with E-state index < -0.39 is 0 Å². The number of nitrogens with one attached hydrogen (secondary N) is 1. The van der Waals surface area contributed by atoms with Gasteiger partial charge in [0.2, 0.25) is 0 Å². The summed E-state index contributed by atoms with van der Waals surface area (Å²) in [7, 11) is 0. The minimum atomic E-state index is -0.147. The van der Waals surface area contributed by atoms with Crippen LogP contribution in [0.15, 0.2) is 30.3 Å². The number of fused-ring (bicyclic) bond motifs is 1. The highest BCUT2D eigenvalue weighted by atomic mass is 32.1. The third-order valence-electron chi connectivity index (χ3n) is 4.20. The summed E-state index contributed by atoms with van der Waals surface area (Å²) in [6.07, 6.45) is 6.06. The molecule has 1 aromatic heterocycles. The Bertz CT molecular complexity index is 582. The lowest BCUT2D eigenvalue weighted by molar-refractivity contribution is 0.581. The molecule has 0 saturated heterocycles. The van der Waals surface area contributed by atoms with Crippen LogP contribution in [0.4, 0.5) is 4.39 Å². The van der Waals surface area contributed by atoms with Gasteiger partial charge in [-0.1, -0.05) is 12.1 Å². The van der Waals surface area contributed by atoms with Gasteiger partial charge in [-0.2, -0.15) is 0 Å². The van der Waals surface area contributed by atoms with Gasteiger partial charge in [-0.15, -0.1) is 11.3 Å². The number of hydrogen-bond acceptors (Lipinski definition) is 2. The molecule has 1 nitrogen and oxygen atoms in total. The Hall–Kier alpha value is -1.19. The lowest BCUT2D eigenvalue weighted by atomic mass is 9.99. The Morgan fingerprint density at radius 1 is 1.24 bits per heavy atom. The van der Waals surface area contributed by atoms with Crippen LogP contribution in [0.5, 0.6) is 0 Å². The van der Waals surface area contributed by atoms with E-state index in [2.05, 4.69) is 18.3 Å². The SMILES string of the molecule is CC(NCCc1cccc(F)c1)c1cc2c(s1)CCCC2. The largest absolute Gasteiger partial charge is 0.309 e. The van der Waals surface area contributed by atoms with E-state index in [-0.39, 0.29) is 5.82 Å². The molecule has 2 aromatic rings. The third-order valence-corrected chi connectivity index (χ3v) is 5.62. The number of aryl methyl sites for hydroxylation is 2. The summed E-state index contributed by atoms with van der Waals surface area (Å²) in [5.74, 6) is -0.147. The molecule has 0 aliphatic heterocycles. The van der Waals surface area contributed by atoms with E-state index in [1.807, 2.05) is 17.4 Å². The van der Waals surface area contributed by atoms with Crippen LogP contribution < -0.4 is 5.32 Å². The lowest BCUT2D eigenvalue weighted by Gasteiger charge is -2.12. The second kappa shape index (κ2) is 6.71. The average Bonchev–Trinajstić information content (AvgIpc) is 2.91. The van der Waals surface area contributed by atoms with Crippen molar-refractivity contribution in [1.82, 2.24) is 5.32 Å². The van der Waals surface area contributed by atoms with E-state index >= 15 is 0 Å². The molecule has 1 unspecified atom stereocenters. The number of benzene rings is 1. The molecule has 0 bridgehead atoms. The van der Waals surface area contributed by atoms with Gasteiger partial charge in [-0.05, 0) is 74.9 Å². The smallest absolute Gasteiger partial charge is 0.123 e. The van der Waals surface area contributed by atoms with Crippen molar-refractivity contribution in [3.8, 4) is 0 Å². The summed E-state index contributed by atoms with van der Waals surface area (Å²) < 4.78 is 13.1. The minimum absolute atomic E-state index is 0.147. The molecule has 0 spiro atoms. The molecule has 1 heterocycles. The third kappa shape index (κ3) is 3.72. The van der Waals surface area contributed by atoms with Crippen molar-refractivity contribution < 1.29 is 4.39 Å². The molecular formula is C18H22FNS. The molecule has 1 aromatic carbocycles.